The summed E-state index contributed by atoms with van der Waals surface area (Å²) in [5.41, 5.74) is 0.223. The van der Waals surface area contributed by atoms with E-state index in [1.807, 2.05) is 14.0 Å². The highest BCUT2D eigenvalue weighted by molar-refractivity contribution is 5.75. The van der Waals surface area contributed by atoms with Gasteiger partial charge in [0.05, 0.1) is 5.41 Å². The average Bonchev–Trinajstić information content (AvgIpc) is 2.78. The van der Waals surface area contributed by atoms with E-state index >= 15 is 0 Å². The molecule has 7 atom stereocenters. The summed E-state index contributed by atoms with van der Waals surface area (Å²) in [4.78, 5) is 12.1. The number of fused-ring (bicyclic) bond motifs is 3. The molecule has 4 aliphatic rings. The Bertz CT molecular complexity index is 531. The maximum atomic E-state index is 12.1. The zero-order valence-corrected chi connectivity index (χ0v) is 15.6. The first-order chi connectivity index (χ1) is 11.4. The van der Waals surface area contributed by atoms with Crippen LogP contribution in [0.4, 0.5) is 0 Å². The van der Waals surface area contributed by atoms with Crippen LogP contribution in [-0.2, 0) is 9.53 Å². The normalized spacial score (nSPS) is 53.3. The number of hydrogen-bond donors (Lipinski definition) is 1. The summed E-state index contributed by atoms with van der Waals surface area (Å²) in [7, 11) is 1.84. The van der Waals surface area contributed by atoms with Gasteiger partial charge in [-0.1, -0.05) is 13.3 Å². The second kappa shape index (κ2) is 5.46. The molecular weight excluding hydrogens is 300 g/mol. The first-order valence-electron chi connectivity index (χ1n) is 10.1. The molecule has 0 aromatic carbocycles. The Morgan fingerprint density at radius 2 is 1.88 bits per heavy atom. The van der Waals surface area contributed by atoms with E-state index in [1.54, 1.807) is 0 Å². The third-order valence-corrected chi connectivity index (χ3v) is 9.14. The Morgan fingerprint density at radius 1 is 1.08 bits per heavy atom. The van der Waals surface area contributed by atoms with Gasteiger partial charge in [-0.05, 0) is 92.8 Å². The number of methoxy groups -OCH3 is 1. The lowest BCUT2D eigenvalue weighted by molar-refractivity contribution is -0.181. The van der Waals surface area contributed by atoms with Gasteiger partial charge in [-0.2, -0.15) is 0 Å². The van der Waals surface area contributed by atoms with Gasteiger partial charge in [0.2, 0.25) is 0 Å². The number of carbonyl (C=O) groups is 1. The third kappa shape index (κ3) is 2.09. The predicted octanol–water partition coefficient (Wildman–Crippen LogP) is 4.75. The number of carboxylic acids is 1. The molecule has 0 heterocycles. The van der Waals surface area contributed by atoms with Gasteiger partial charge in [-0.25, -0.2) is 0 Å². The molecule has 4 fully saturated rings. The van der Waals surface area contributed by atoms with Crippen LogP contribution < -0.4 is 0 Å². The Morgan fingerprint density at radius 3 is 2.58 bits per heavy atom. The molecule has 0 aromatic rings. The van der Waals surface area contributed by atoms with Gasteiger partial charge in [0.15, 0.2) is 0 Å². The highest BCUT2D eigenvalue weighted by atomic mass is 16.5. The molecule has 0 aliphatic heterocycles. The zero-order valence-electron chi connectivity index (χ0n) is 15.6. The van der Waals surface area contributed by atoms with E-state index in [9.17, 15) is 9.90 Å². The Hall–Kier alpha value is -0.570. The molecule has 0 aromatic heterocycles. The minimum absolute atomic E-state index is 0.233. The van der Waals surface area contributed by atoms with Gasteiger partial charge in [0.25, 0.3) is 0 Å². The van der Waals surface area contributed by atoms with Crippen LogP contribution in [0.3, 0.4) is 0 Å². The van der Waals surface area contributed by atoms with Crippen molar-refractivity contribution in [1.82, 2.24) is 0 Å². The first-order valence-corrected chi connectivity index (χ1v) is 10.1. The highest BCUT2D eigenvalue weighted by Crippen LogP contribution is 2.72. The molecule has 0 saturated heterocycles. The van der Waals surface area contributed by atoms with Crippen LogP contribution in [0.1, 0.15) is 71.6 Å². The van der Waals surface area contributed by atoms with Gasteiger partial charge in [-0.15, -0.1) is 0 Å². The maximum absolute atomic E-state index is 12.1. The summed E-state index contributed by atoms with van der Waals surface area (Å²) in [5, 5.41) is 9.97. The second-order valence-electron chi connectivity index (χ2n) is 10.0. The van der Waals surface area contributed by atoms with E-state index in [0.717, 1.165) is 43.6 Å². The molecule has 4 saturated carbocycles. The van der Waals surface area contributed by atoms with Crippen LogP contribution in [0.5, 0.6) is 0 Å². The SMILES string of the molecule is COCC1C[C@]23CC[C@@H]4[C@](C)(CCC[C@]4(C)C(=O)O)[C@H]2CC[C@H]1C3. The number of hydrogen-bond acceptors (Lipinski definition) is 2. The molecule has 1 N–H and O–H groups in total. The lowest BCUT2D eigenvalue weighted by Gasteiger charge is -2.63. The molecule has 0 amide bonds. The van der Waals surface area contributed by atoms with Crippen LogP contribution in [0.2, 0.25) is 0 Å². The van der Waals surface area contributed by atoms with Gasteiger partial charge >= 0.3 is 5.97 Å². The van der Waals surface area contributed by atoms with E-state index in [-0.39, 0.29) is 5.41 Å². The fourth-order valence-electron chi connectivity index (χ4n) is 8.25. The molecule has 1 unspecified atom stereocenters. The van der Waals surface area contributed by atoms with Crippen LogP contribution in [0, 0.1) is 39.9 Å². The van der Waals surface area contributed by atoms with Crippen molar-refractivity contribution in [1.29, 1.82) is 0 Å². The minimum atomic E-state index is -0.549. The van der Waals surface area contributed by atoms with Crippen molar-refractivity contribution in [2.75, 3.05) is 13.7 Å². The smallest absolute Gasteiger partial charge is 0.309 e. The van der Waals surface area contributed by atoms with Gasteiger partial charge in [-0.3, -0.25) is 4.79 Å². The van der Waals surface area contributed by atoms with Crippen molar-refractivity contribution in [3.63, 3.8) is 0 Å². The van der Waals surface area contributed by atoms with Gasteiger partial charge in [0.1, 0.15) is 0 Å². The molecule has 24 heavy (non-hydrogen) atoms. The summed E-state index contributed by atoms with van der Waals surface area (Å²) in [6.07, 6.45) is 11.0. The molecule has 136 valence electrons. The van der Waals surface area contributed by atoms with Crippen LogP contribution in [0.15, 0.2) is 0 Å². The van der Waals surface area contributed by atoms with Crippen molar-refractivity contribution >= 4 is 5.97 Å². The van der Waals surface area contributed by atoms with Crippen molar-refractivity contribution in [3.8, 4) is 0 Å². The van der Waals surface area contributed by atoms with E-state index in [4.69, 9.17) is 4.74 Å². The molecule has 4 rings (SSSR count). The highest BCUT2D eigenvalue weighted by Gasteiger charge is 2.65. The molecule has 4 aliphatic carbocycles. The van der Waals surface area contributed by atoms with Crippen molar-refractivity contribution in [2.24, 2.45) is 39.9 Å². The standard InChI is InChI=1S/C21H34O3/c1-19-8-4-9-20(2,18(22)23)16(19)7-10-21-11-14(5-6-17(19)21)15(12-21)13-24-3/h14-17H,4-13H2,1-3H3,(H,22,23)/t14-,15?,16+,17+,19-,20-,21+/m0/s1. The topological polar surface area (TPSA) is 46.5 Å². The van der Waals surface area contributed by atoms with Crippen molar-refractivity contribution < 1.29 is 14.6 Å². The monoisotopic (exact) mass is 334 g/mol. The van der Waals surface area contributed by atoms with Crippen molar-refractivity contribution in [3.05, 3.63) is 0 Å². The number of ether oxygens (including phenoxy) is 1. The predicted molar refractivity (Wildman–Crippen MR) is 93.7 cm³/mol. The molecule has 1 spiro atoms. The fourth-order valence-corrected chi connectivity index (χ4v) is 8.25. The third-order valence-electron chi connectivity index (χ3n) is 9.14. The van der Waals surface area contributed by atoms with Gasteiger partial charge in [0, 0.05) is 13.7 Å². The number of rotatable bonds is 3. The first kappa shape index (κ1) is 16.9. The van der Waals surface area contributed by atoms with E-state index in [2.05, 4.69) is 6.92 Å². The summed E-state index contributed by atoms with van der Waals surface area (Å²) in [5.74, 6) is 2.16. The molecule has 0 radical (unpaired) electrons. The summed E-state index contributed by atoms with van der Waals surface area (Å²) in [6.45, 7) is 5.43. The number of aliphatic carboxylic acids is 1. The van der Waals surface area contributed by atoms with Crippen LogP contribution in [-0.4, -0.2) is 24.8 Å². The lowest BCUT2D eigenvalue weighted by Crippen LogP contribution is -2.58. The largest absolute Gasteiger partial charge is 0.481 e. The molecular formula is C21H34O3. The van der Waals surface area contributed by atoms with Crippen LogP contribution >= 0.6 is 0 Å². The minimum Gasteiger partial charge on any atom is -0.481 e. The lowest BCUT2D eigenvalue weighted by atomic mass is 9.41. The average molecular weight is 335 g/mol. The Kier molecular flexibility index (Phi) is 3.84. The quantitative estimate of drug-likeness (QED) is 0.810. The van der Waals surface area contributed by atoms with E-state index < -0.39 is 11.4 Å². The van der Waals surface area contributed by atoms with E-state index in [1.165, 1.54) is 38.5 Å². The second-order valence-corrected chi connectivity index (χ2v) is 10.0. The zero-order chi connectivity index (χ0) is 17.2. The Labute approximate surface area is 146 Å². The summed E-state index contributed by atoms with van der Waals surface area (Å²) < 4.78 is 5.53. The summed E-state index contributed by atoms with van der Waals surface area (Å²) >= 11 is 0. The Balaban J connectivity index is 1.67. The fraction of sp³-hybridized carbons (Fsp3) is 0.952. The molecule has 2 bridgehead atoms. The number of carboxylic acid groups (broad SMARTS) is 1. The summed E-state index contributed by atoms with van der Waals surface area (Å²) in [6, 6.07) is 0. The molecule has 3 heteroatoms. The maximum Gasteiger partial charge on any atom is 0.309 e. The van der Waals surface area contributed by atoms with Gasteiger partial charge < -0.3 is 9.84 Å². The molecule has 3 nitrogen and oxygen atoms in total. The van der Waals surface area contributed by atoms with E-state index in [0.29, 0.717) is 11.3 Å². The van der Waals surface area contributed by atoms with Crippen molar-refractivity contribution in [2.45, 2.75) is 71.6 Å². The van der Waals surface area contributed by atoms with Crippen LogP contribution in [0.25, 0.3) is 0 Å².